The smallest absolute Gasteiger partial charge is 0.360 e. The number of ether oxygens (including phenoxy) is 2. The predicted octanol–water partition coefficient (Wildman–Crippen LogP) is -0.690. The van der Waals surface area contributed by atoms with Crippen molar-refractivity contribution in [2.45, 2.75) is 0 Å². The molecular weight excluding hydrogens is 286 g/mol. The van der Waals surface area contributed by atoms with Crippen LogP contribution >= 0.6 is 15.2 Å². The summed E-state index contributed by atoms with van der Waals surface area (Å²) >= 11 is 0. The molecule has 0 spiro atoms. The monoisotopic (exact) mass is 298 g/mol. The number of benzene rings is 1. The van der Waals surface area contributed by atoms with E-state index in [1.54, 1.807) is 0 Å². The molecule has 0 atom stereocenters. The first-order valence-corrected chi connectivity index (χ1v) is 7.72. The maximum Gasteiger partial charge on any atom is 0.360 e. The van der Waals surface area contributed by atoms with Crippen LogP contribution < -0.4 is 20.1 Å². The Labute approximate surface area is 102 Å². The molecule has 1 aromatic rings. The Balaban J connectivity index is 3.63. The lowest BCUT2D eigenvalue weighted by Gasteiger charge is -2.15. The van der Waals surface area contributed by atoms with Gasteiger partial charge in [-0.05, 0) is 0 Å². The molecule has 1 rings (SSSR count). The zero-order valence-corrected chi connectivity index (χ0v) is 11.3. The molecule has 0 unspecified atom stereocenters. The lowest BCUT2D eigenvalue weighted by Crippen LogP contribution is -2.17. The molecule has 8 nitrogen and oxygen atoms in total. The number of rotatable bonds is 4. The normalized spacial score (nSPS) is 12.3. The Morgan fingerprint density at radius 2 is 1.11 bits per heavy atom. The van der Waals surface area contributed by atoms with E-state index in [4.69, 9.17) is 29.0 Å². The van der Waals surface area contributed by atoms with Crippen molar-refractivity contribution in [3.63, 3.8) is 0 Å². The van der Waals surface area contributed by atoms with E-state index in [-0.39, 0.29) is 11.5 Å². The fourth-order valence-electron chi connectivity index (χ4n) is 1.32. The topological polar surface area (TPSA) is 134 Å². The SMILES string of the molecule is COc1cc(P(=O)(O)O)c(OC)cc1P(=O)(O)O. The molecule has 10 heteroatoms. The summed E-state index contributed by atoms with van der Waals surface area (Å²) < 4.78 is 31.8. The van der Waals surface area contributed by atoms with Gasteiger partial charge in [-0.1, -0.05) is 0 Å². The second kappa shape index (κ2) is 5.01. The summed E-state index contributed by atoms with van der Waals surface area (Å²) in [5.41, 5.74) is 0. The molecule has 0 aliphatic rings. The standard InChI is InChI=1S/C8H12O8P2/c1-15-5-3-8(18(12,13)14)6(16-2)4-7(5)17(9,10)11/h3-4H,1-2H3,(H2,9,10,11)(H2,12,13,14). The quantitative estimate of drug-likeness (QED) is 0.537. The number of hydrogen-bond acceptors (Lipinski definition) is 4. The van der Waals surface area contributed by atoms with Crippen LogP contribution in [-0.4, -0.2) is 33.8 Å². The number of hydrogen-bond donors (Lipinski definition) is 4. The Morgan fingerprint density at radius 1 is 0.833 bits per heavy atom. The van der Waals surface area contributed by atoms with Gasteiger partial charge in [-0.3, -0.25) is 9.13 Å². The molecule has 102 valence electrons. The van der Waals surface area contributed by atoms with Gasteiger partial charge in [0.25, 0.3) is 0 Å². The van der Waals surface area contributed by atoms with Crippen molar-refractivity contribution >= 4 is 25.8 Å². The minimum atomic E-state index is -4.64. The van der Waals surface area contributed by atoms with Crippen LogP contribution in [0.3, 0.4) is 0 Å². The third kappa shape index (κ3) is 3.11. The van der Waals surface area contributed by atoms with Crippen LogP contribution in [0, 0.1) is 0 Å². The first kappa shape index (κ1) is 15.2. The van der Waals surface area contributed by atoms with Crippen molar-refractivity contribution < 1.29 is 38.2 Å². The maximum absolute atomic E-state index is 11.2. The molecule has 0 heterocycles. The van der Waals surface area contributed by atoms with Gasteiger partial charge < -0.3 is 29.0 Å². The molecule has 18 heavy (non-hydrogen) atoms. The molecule has 1 aromatic carbocycles. The van der Waals surface area contributed by atoms with Crippen molar-refractivity contribution in [2.24, 2.45) is 0 Å². The summed E-state index contributed by atoms with van der Waals surface area (Å²) in [6, 6.07) is 1.71. The molecule has 0 amide bonds. The Hall–Kier alpha value is -0.880. The van der Waals surface area contributed by atoms with E-state index in [0.717, 1.165) is 26.4 Å². The predicted molar refractivity (Wildman–Crippen MR) is 62.9 cm³/mol. The highest BCUT2D eigenvalue weighted by Gasteiger charge is 2.30. The Bertz CT molecular complexity index is 493. The van der Waals surface area contributed by atoms with Crippen LogP contribution in [0.25, 0.3) is 0 Å². The first-order valence-electron chi connectivity index (χ1n) is 4.49. The van der Waals surface area contributed by atoms with Gasteiger partial charge in [0.15, 0.2) is 0 Å². The van der Waals surface area contributed by atoms with E-state index in [9.17, 15) is 9.13 Å². The fourth-order valence-corrected chi connectivity index (χ4v) is 2.78. The minimum absolute atomic E-state index is 0.317. The van der Waals surface area contributed by atoms with E-state index in [1.807, 2.05) is 0 Å². The summed E-state index contributed by atoms with van der Waals surface area (Å²) in [4.78, 5) is 36.4. The summed E-state index contributed by atoms with van der Waals surface area (Å²) in [5.74, 6) is -0.634. The van der Waals surface area contributed by atoms with Crippen LogP contribution in [0.2, 0.25) is 0 Å². The van der Waals surface area contributed by atoms with Crippen molar-refractivity contribution in [2.75, 3.05) is 14.2 Å². The van der Waals surface area contributed by atoms with Gasteiger partial charge in [-0.25, -0.2) is 0 Å². The Morgan fingerprint density at radius 3 is 1.28 bits per heavy atom. The third-order valence-corrected chi connectivity index (χ3v) is 4.06. The molecular formula is C8H12O8P2. The first-order chi connectivity index (χ1) is 8.11. The van der Waals surface area contributed by atoms with Gasteiger partial charge in [-0.2, -0.15) is 0 Å². The second-order valence-electron chi connectivity index (χ2n) is 3.28. The van der Waals surface area contributed by atoms with Crippen LogP contribution in [-0.2, 0) is 9.13 Å². The lowest BCUT2D eigenvalue weighted by atomic mass is 10.3. The highest BCUT2D eigenvalue weighted by atomic mass is 31.2. The van der Waals surface area contributed by atoms with Gasteiger partial charge in [0.1, 0.15) is 22.1 Å². The molecule has 0 radical (unpaired) electrons. The molecule has 0 aromatic heterocycles. The molecule has 0 bridgehead atoms. The zero-order chi connectivity index (χ0) is 14.1. The van der Waals surface area contributed by atoms with E-state index in [0.29, 0.717) is 0 Å². The minimum Gasteiger partial charge on any atom is -0.496 e. The summed E-state index contributed by atoms with van der Waals surface area (Å²) in [6.07, 6.45) is 0. The van der Waals surface area contributed by atoms with Gasteiger partial charge >= 0.3 is 15.2 Å². The van der Waals surface area contributed by atoms with Crippen LogP contribution in [0.4, 0.5) is 0 Å². The van der Waals surface area contributed by atoms with Gasteiger partial charge in [-0.15, -0.1) is 0 Å². The average Bonchev–Trinajstić information content (AvgIpc) is 2.24. The van der Waals surface area contributed by atoms with Crippen molar-refractivity contribution in [3.05, 3.63) is 12.1 Å². The molecule has 0 aliphatic carbocycles. The Kier molecular flexibility index (Phi) is 4.23. The third-order valence-electron chi connectivity index (χ3n) is 2.11. The van der Waals surface area contributed by atoms with Crippen molar-refractivity contribution in [3.8, 4) is 11.5 Å². The second-order valence-corrected chi connectivity index (χ2v) is 6.42. The zero-order valence-electron chi connectivity index (χ0n) is 9.47. The average molecular weight is 298 g/mol. The summed E-state index contributed by atoms with van der Waals surface area (Å²) in [7, 11) is -7.03. The van der Waals surface area contributed by atoms with E-state index in [1.165, 1.54) is 0 Å². The van der Waals surface area contributed by atoms with Crippen LogP contribution in [0.15, 0.2) is 12.1 Å². The van der Waals surface area contributed by atoms with E-state index in [2.05, 4.69) is 0 Å². The molecule has 0 saturated carbocycles. The molecule has 0 fully saturated rings. The fraction of sp³-hybridized carbons (Fsp3) is 0.250. The van der Waals surface area contributed by atoms with Gasteiger partial charge in [0, 0.05) is 12.1 Å². The molecule has 4 N–H and O–H groups in total. The lowest BCUT2D eigenvalue weighted by molar-refractivity contribution is 0.372. The van der Waals surface area contributed by atoms with E-state index >= 15 is 0 Å². The highest BCUT2D eigenvalue weighted by molar-refractivity contribution is 7.61. The largest absolute Gasteiger partial charge is 0.496 e. The van der Waals surface area contributed by atoms with Gasteiger partial charge in [0.2, 0.25) is 0 Å². The van der Waals surface area contributed by atoms with Crippen LogP contribution in [0.1, 0.15) is 0 Å². The highest BCUT2D eigenvalue weighted by Crippen LogP contribution is 2.43. The van der Waals surface area contributed by atoms with Crippen molar-refractivity contribution in [1.29, 1.82) is 0 Å². The summed E-state index contributed by atoms with van der Waals surface area (Å²) in [5, 5.41) is -1.00. The summed E-state index contributed by atoms with van der Waals surface area (Å²) in [6.45, 7) is 0. The molecule has 0 saturated heterocycles. The molecule has 0 aliphatic heterocycles. The van der Waals surface area contributed by atoms with E-state index < -0.39 is 25.8 Å². The van der Waals surface area contributed by atoms with Crippen molar-refractivity contribution in [1.82, 2.24) is 0 Å². The van der Waals surface area contributed by atoms with Crippen LogP contribution in [0.5, 0.6) is 11.5 Å². The maximum atomic E-state index is 11.2. The van der Waals surface area contributed by atoms with Gasteiger partial charge in [0.05, 0.1) is 14.2 Å². The number of methoxy groups -OCH3 is 2.